The predicted molar refractivity (Wildman–Crippen MR) is 125 cm³/mol. The summed E-state index contributed by atoms with van der Waals surface area (Å²) < 4.78 is 0. The molecule has 8 heteroatoms. The van der Waals surface area contributed by atoms with Crippen molar-refractivity contribution in [3.05, 3.63) is 59.7 Å². The summed E-state index contributed by atoms with van der Waals surface area (Å²) in [6.07, 6.45) is 1.32. The second-order valence-electron chi connectivity index (χ2n) is 8.83. The summed E-state index contributed by atoms with van der Waals surface area (Å²) in [6, 6.07) is 15.2. The lowest BCUT2D eigenvalue weighted by molar-refractivity contribution is -0.148. The number of hydrogen-bond acceptors (Lipinski definition) is 5. The maximum absolute atomic E-state index is 13.0. The lowest BCUT2D eigenvalue weighted by Crippen LogP contribution is -2.64. The molecular formula is C25H32N4O4. The summed E-state index contributed by atoms with van der Waals surface area (Å²) in [5, 5.41) is 14.9. The van der Waals surface area contributed by atoms with Crippen molar-refractivity contribution in [1.29, 1.82) is 0 Å². The van der Waals surface area contributed by atoms with E-state index in [4.69, 9.17) is 5.21 Å². The Balaban J connectivity index is 1.68. The molecule has 4 N–H and O–H groups in total. The molecule has 2 aromatic carbocycles. The van der Waals surface area contributed by atoms with Crippen LogP contribution in [0.2, 0.25) is 0 Å². The maximum atomic E-state index is 13.0. The smallest absolute Gasteiger partial charge is 0.278 e. The fourth-order valence-corrected chi connectivity index (χ4v) is 3.86. The summed E-state index contributed by atoms with van der Waals surface area (Å²) in [5.74, 6) is -0.586. The summed E-state index contributed by atoms with van der Waals surface area (Å²) in [4.78, 5) is 38.5. The zero-order valence-corrected chi connectivity index (χ0v) is 19.5. The summed E-state index contributed by atoms with van der Waals surface area (Å²) >= 11 is 0. The number of nitrogens with zero attached hydrogens (tertiary/aromatic N) is 1. The van der Waals surface area contributed by atoms with Crippen molar-refractivity contribution in [2.45, 2.75) is 32.4 Å². The van der Waals surface area contributed by atoms with Crippen molar-refractivity contribution in [2.75, 3.05) is 20.6 Å². The minimum absolute atomic E-state index is 0.317. The van der Waals surface area contributed by atoms with Crippen LogP contribution in [0.3, 0.4) is 0 Å². The number of nitrogens with one attached hydrogen (secondary N) is 3. The van der Waals surface area contributed by atoms with E-state index in [2.05, 4.69) is 29.7 Å². The highest BCUT2D eigenvalue weighted by Crippen LogP contribution is 2.36. The van der Waals surface area contributed by atoms with Gasteiger partial charge in [0.1, 0.15) is 0 Å². The molecule has 3 amide bonds. The quantitative estimate of drug-likeness (QED) is 0.265. The molecule has 1 aliphatic carbocycles. The van der Waals surface area contributed by atoms with Crippen LogP contribution >= 0.6 is 0 Å². The molecule has 2 aromatic rings. The van der Waals surface area contributed by atoms with Crippen LogP contribution in [0.5, 0.6) is 0 Å². The molecular weight excluding hydrogens is 420 g/mol. The summed E-state index contributed by atoms with van der Waals surface area (Å²) in [6.45, 7) is 5.45. The van der Waals surface area contributed by atoms with Crippen molar-refractivity contribution in [1.82, 2.24) is 21.0 Å². The minimum atomic E-state index is -1.92. The highest BCUT2D eigenvalue weighted by atomic mass is 16.5. The third-order valence-electron chi connectivity index (χ3n) is 6.62. The molecule has 0 saturated heterocycles. The van der Waals surface area contributed by atoms with Crippen molar-refractivity contribution in [3.8, 4) is 11.1 Å². The van der Waals surface area contributed by atoms with E-state index in [0.717, 1.165) is 41.0 Å². The maximum Gasteiger partial charge on any atom is 0.278 e. The van der Waals surface area contributed by atoms with Gasteiger partial charge in [0.15, 0.2) is 5.54 Å². The molecule has 2 unspecified atom stereocenters. The molecule has 3 atom stereocenters. The molecule has 0 bridgehead atoms. The molecule has 0 aromatic heterocycles. The van der Waals surface area contributed by atoms with Gasteiger partial charge < -0.3 is 15.5 Å². The SMILES string of the molecule is CNC(=O)[C@@](C)(C(=O)NO)N(C)C(=O)c1ccc(-c2ccc(CNCC3CC3C)cc2)cc1. The highest BCUT2D eigenvalue weighted by molar-refractivity contribution is 6.12. The van der Waals surface area contributed by atoms with Gasteiger partial charge in [0.2, 0.25) is 0 Å². The predicted octanol–water partition coefficient (Wildman–Crippen LogP) is 2.18. The van der Waals surface area contributed by atoms with Crippen LogP contribution in [-0.4, -0.2) is 54.0 Å². The first-order valence-electron chi connectivity index (χ1n) is 11.1. The highest BCUT2D eigenvalue weighted by Gasteiger charge is 2.47. The molecule has 0 radical (unpaired) electrons. The molecule has 0 aliphatic heterocycles. The Morgan fingerprint density at radius 1 is 1.03 bits per heavy atom. The minimum Gasteiger partial charge on any atom is -0.357 e. The van der Waals surface area contributed by atoms with E-state index in [1.165, 1.54) is 38.5 Å². The number of amides is 3. The van der Waals surface area contributed by atoms with Gasteiger partial charge in [-0.3, -0.25) is 19.6 Å². The molecule has 1 fully saturated rings. The molecule has 176 valence electrons. The van der Waals surface area contributed by atoms with Gasteiger partial charge in [-0.15, -0.1) is 0 Å². The van der Waals surface area contributed by atoms with E-state index >= 15 is 0 Å². The number of carbonyl (C=O) groups excluding carboxylic acids is 3. The van der Waals surface area contributed by atoms with Crippen molar-refractivity contribution in [2.24, 2.45) is 11.8 Å². The standard InChI is InChI=1S/C25H32N4O4/c1-16-13-21(16)15-27-14-17-5-7-18(8-6-17)19-9-11-20(12-10-19)22(30)29(4)25(2,23(31)26-3)24(32)28-33/h5-12,16,21,27,33H,13-15H2,1-4H3,(H,26,31)(H,28,32)/t16?,21?,25-/m0/s1. The first kappa shape index (κ1) is 24.4. The molecule has 0 spiro atoms. The van der Waals surface area contributed by atoms with Crippen LogP contribution in [0.4, 0.5) is 0 Å². The fourth-order valence-electron chi connectivity index (χ4n) is 3.86. The van der Waals surface area contributed by atoms with Gasteiger partial charge in [-0.25, -0.2) is 5.48 Å². The topological polar surface area (TPSA) is 111 Å². The molecule has 8 nitrogen and oxygen atoms in total. The first-order valence-corrected chi connectivity index (χ1v) is 11.1. The van der Waals surface area contributed by atoms with Crippen molar-refractivity contribution >= 4 is 17.7 Å². The van der Waals surface area contributed by atoms with E-state index in [1.54, 1.807) is 12.1 Å². The Labute approximate surface area is 194 Å². The van der Waals surface area contributed by atoms with E-state index in [9.17, 15) is 14.4 Å². The van der Waals surface area contributed by atoms with Crippen LogP contribution in [0.1, 0.15) is 36.2 Å². The first-order chi connectivity index (χ1) is 15.7. The number of hydroxylamine groups is 1. The van der Waals surface area contributed by atoms with Crippen LogP contribution in [0, 0.1) is 11.8 Å². The zero-order valence-electron chi connectivity index (χ0n) is 19.5. The van der Waals surface area contributed by atoms with Crippen molar-refractivity contribution in [3.63, 3.8) is 0 Å². The van der Waals surface area contributed by atoms with Crippen LogP contribution in [0.25, 0.3) is 11.1 Å². The number of hydrogen-bond donors (Lipinski definition) is 4. The van der Waals surface area contributed by atoms with Gasteiger partial charge in [-0.05, 0) is 60.5 Å². The number of carbonyl (C=O) groups is 3. The number of benzene rings is 2. The Morgan fingerprint density at radius 3 is 2.06 bits per heavy atom. The van der Waals surface area contributed by atoms with Gasteiger partial charge in [0.25, 0.3) is 17.7 Å². The second kappa shape index (κ2) is 10.1. The third-order valence-corrected chi connectivity index (χ3v) is 6.62. The van der Waals surface area contributed by atoms with Crippen LogP contribution in [-0.2, 0) is 16.1 Å². The summed E-state index contributed by atoms with van der Waals surface area (Å²) in [5.41, 5.74) is 3.06. The average molecular weight is 453 g/mol. The van der Waals surface area contributed by atoms with E-state index in [-0.39, 0.29) is 0 Å². The lowest BCUT2D eigenvalue weighted by Gasteiger charge is -2.34. The van der Waals surface area contributed by atoms with E-state index in [1.807, 2.05) is 24.3 Å². The van der Waals surface area contributed by atoms with Gasteiger partial charge in [-0.1, -0.05) is 43.3 Å². The van der Waals surface area contributed by atoms with Crippen molar-refractivity contribution < 1.29 is 19.6 Å². The second-order valence-corrected chi connectivity index (χ2v) is 8.83. The molecule has 3 rings (SSSR count). The normalized spacial score (nSPS) is 18.7. The summed E-state index contributed by atoms with van der Waals surface area (Å²) in [7, 11) is 2.70. The van der Waals surface area contributed by atoms with E-state index < -0.39 is 23.3 Å². The monoisotopic (exact) mass is 452 g/mol. The van der Waals surface area contributed by atoms with E-state index in [0.29, 0.717) is 5.56 Å². The number of likely N-dealkylation sites (N-methyl/N-ethyl adjacent to an activating group) is 2. The van der Waals surface area contributed by atoms with Crippen LogP contribution in [0.15, 0.2) is 48.5 Å². The lowest BCUT2D eigenvalue weighted by atomic mass is 9.96. The van der Waals surface area contributed by atoms with Gasteiger partial charge in [0.05, 0.1) is 0 Å². The molecule has 0 heterocycles. The molecule has 1 saturated carbocycles. The Kier molecular flexibility index (Phi) is 7.50. The van der Waals surface area contributed by atoms with Gasteiger partial charge >= 0.3 is 0 Å². The Morgan fingerprint density at radius 2 is 1.58 bits per heavy atom. The van der Waals surface area contributed by atoms with Gasteiger partial charge in [-0.2, -0.15) is 0 Å². The zero-order chi connectivity index (χ0) is 24.2. The average Bonchev–Trinajstić information content (AvgIpc) is 3.56. The molecule has 1 aliphatic rings. The fraction of sp³-hybridized carbons (Fsp3) is 0.400. The van der Waals surface area contributed by atoms with Crippen LogP contribution < -0.4 is 16.1 Å². The third kappa shape index (κ3) is 5.23. The van der Waals surface area contributed by atoms with Gasteiger partial charge in [0, 0.05) is 26.2 Å². The Hall–Kier alpha value is -3.23. The Bertz CT molecular complexity index is 988. The number of rotatable bonds is 9. The largest absolute Gasteiger partial charge is 0.357 e. The molecule has 33 heavy (non-hydrogen) atoms.